The number of carbonyl (C=O) groups is 1. The Labute approximate surface area is 173 Å². The van der Waals surface area contributed by atoms with Crippen LogP contribution in [0.25, 0.3) is 16.6 Å². The monoisotopic (exact) mass is 402 g/mol. The van der Waals surface area contributed by atoms with Gasteiger partial charge < -0.3 is 4.74 Å². The van der Waals surface area contributed by atoms with Crippen LogP contribution in [0, 0.1) is 0 Å². The minimum absolute atomic E-state index is 0.120. The SMILES string of the molecule is COC(=O)c1ccc(Cn2nc(C(C)C)c3cnn(-c4ccccc4)c3c2=O)cc1. The number of nitrogens with zero attached hydrogens (tertiary/aromatic N) is 4. The van der Waals surface area contributed by atoms with E-state index < -0.39 is 5.97 Å². The highest BCUT2D eigenvalue weighted by atomic mass is 16.5. The summed E-state index contributed by atoms with van der Waals surface area (Å²) in [5.41, 5.74) is 3.25. The molecule has 2 aromatic heterocycles. The molecule has 2 heterocycles. The van der Waals surface area contributed by atoms with E-state index in [2.05, 4.69) is 10.2 Å². The van der Waals surface area contributed by atoms with E-state index in [4.69, 9.17) is 4.74 Å². The zero-order valence-corrected chi connectivity index (χ0v) is 17.1. The van der Waals surface area contributed by atoms with Gasteiger partial charge in [0.05, 0.1) is 36.8 Å². The molecule has 4 rings (SSSR count). The maximum absolute atomic E-state index is 13.3. The van der Waals surface area contributed by atoms with Gasteiger partial charge in [-0.05, 0) is 35.7 Å². The summed E-state index contributed by atoms with van der Waals surface area (Å²) in [5.74, 6) is -0.276. The minimum Gasteiger partial charge on any atom is -0.465 e. The van der Waals surface area contributed by atoms with Crippen molar-refractivity contribution in [3.05, 3.63) is 88.0 Å². The number of ether oxygens (including phenoxy) is 1. The molecule has 0 aliphatic rings. The van der Waals surface area contributed by atoms with Crippen molar-refractivity contribution in [2.24, 2.45) is 0 Å². The molecular formula is C23H22N4O3. The normalized spacial score (nSPS) is 11.2. The van der Waals surface area contributed by atoms with E-state index in [1.54, 1.807) is 35.1 Å². The number of rotatable bonds is 5. The maximum atomic E-state index is 13.3. The molecule has 7 heteroatoms. The van der Waals surface area contributed by atoms with Crippen molar-refractivity contribution in [1.82, 2.24) is 19.6 Å². The molecule has 0 saturated carbocycles. The summed E-state index contributed by atoms with van der Waals surface area (Å²) < 4.78 is 7.87. The first-order chi connectivity index (χ1) is 14.5. The lowest BCUT2D eigenvalue weighted by molar-refractivity contribution is 0.0600. The highest BCUT2D eigenvalue weighted by molar-refractivity contribution is 5.89. The van der Waals surface area contributed by atoms with E-state index in [9.17, 15) is 9.59 Å². The molecule has 0 unspecified atom stereocenters. The predicted octanol–water partition coefficient (Wildman–Crippen LogP) is 3.54. The third-order valence-electron chi connectivity index (χ3n) is 4.97. The average Bonchev–Trinajstić information content (AvgIpc) is 3.21. The average molecular weight is 402 g/mol. The molecule has 0 bridgehead atoms. The Morgan fingerprint density at radius 2 is 1.77 bits per heavy atom. The van der Waals surface area contributed by atoms with Crippen LogP contribution in [0.3, 0.4) is 0 Å². The van der Waals surface area contributed by atoms with Gasteiger partial charge in [-0.2, -0.15) is 10.2 Å². The highest BCUT2D eigenvalue weighted by Crippen LogP contribution is 2.23. The van der Waals surface area contributed by atoms with Gasteiger partial charge in [0.2, 0.25) is 0 Å². The van der Waals surface area contributed by atoms with E-state index in [-0.39, 0.29) is 18.0 Å². The summed E-state index contributed by atoms with van der Waals surface area (Å²) >= 11 is 0. The van der Waals surface area contributed by atoms with E-state index in [1.165, 1.54) is 11.8 Å². The molecule has 0 atom stereocenters. The van der Waals surface area contributed by atoms with Gasteiger partial charge in [0.1, 0.15) is 5.52 Å². The second-order valence-corrected chi connectivity index (χ2v) is 7.35. The number of hydrogen-bond donors (Lipinski definition) is 0. The third kappa shape index (κ3) is 3.50. The van der Waals surface area contributed by atoms with Crippen molar-refractivity contribution in [2.45, 2.75) is 26.3 Å². The molecule has 30 heavy (non-hydrogen) atoms. The van der Waals surface area contributed by atoms with Gasteiger partial charge in [0.15, 0.2) is 0 Å². The van der Waals surface area contributed by atoms with Crippen molar-refractivity contribution in [3.63, 3.8) is 0 Å². The molecule has 2 aromatic carbocycles. The molecule has 4 aromatic rings. The van der Waals surface area contributed by atoms with E-state index in [0.29, 0.717) is 11.1 Å². The Morgan fingerprint density at radius 1 is 1.07 bits per heavy atom. The van der Waals surface area contributed by atoms with Crippen molar-refractivity contribution in [2.75, 3.05) is 7.11 Å². The number of hydrogen-bond acceptors (Lipinski definition) is 5. The van der Waals surface area contributed by atoms with Crippen LogP contribution in [-0.4, -0.2) is 32.6 Å². The van der Waals surface area contributed by atoms with Crippen LogP contribution in [0.15, 0.2) is 65.6 Å². The number of esters is 1. The second kappa shape index (κ2) is 7.94. The van der Waals surface area contributed by atoms with Crippen molar-refractivity contribution in [1.29, 1.82) is 0 Å². The topological polar surface area (TPSA) is 79.0 Å². The standard InChI is InChI=1S/C23H22N4O3/c1-15(2)20-19-13-24-27(18-7-5-4-6-8-18)21(19)22(28)26(25-20)14-16-9-11-17(12-10-16)23(29)30-3/h4-13,15H,14H2,1-3H3. The molecule has 152 valence electrons. The van der Waals surface area contributed by atoms with Gasteiger partial charge in [-0.25, -0.2) is 14.2 Å². The van der Waals surface area contributed by atoms with Gasteiger partial charge in [-0.15, -0.1) is 0 Å². The van der Waals surface area contributed by atoms with Gasteiger partial charge in [0, 0.05) is 5.39 Å². The minimum atomic E-state index is -0.396. The first-order valence-electron chi connectivity index (χ1n) is 9.71. The van der Waals surface area contributed by atoms with Crippen LogP contribution in [0.2, 0.25) is 0 Å². The Hall–Kier alpha value is -3.74. The predicted molar refractivity (Wildman–Crippen MR) is 114 cm³/mol. The fourth-order valence-electron chi connectivity index (χ4n) is 3.43. The molecule has 0 saturated heterocycles. The quantitative estimate of drug-likeness (QED) is 0.477. The van der Waals surface area contributed by atoms with Crippen LogP contribution in [0.4, 0.5) is 0 Å². The molecule has 0 spiro atoms. The summed E-state index contributed by atoms with van der Waals surface area (Å²) in [6, 6.07) is 16.5. The number of para-hydroxylation sites is 1. The molecule has 0 amide bonds. The fraction of sp³-hybridized carbons (Fsp3) is 0.217. The Balaban J connectivity index is 1.83. The molecule has 0 aliphatic heterocycles. The number of carbonyl (C=O) groups excluding carboxylic acids is 1. The van der Waals surface area contributed by atoms with Gasteiger partial charge in [0.25, 0.3) is 5.56 Å². The third-order valence-corrected chi connectivity index (χ3v) is 4.97. The number of methoxy groups -OCH3 is 1. The van der Waals surface area contributed by atoms with Crippen LogP contribution >= 0.6 is 0 Å². The van der Waals surface area contributed by atoms with Gasteiger partial charge >= 0.3 is 5.97 Å². The van der Waals surface area contributed by atoms with Crippen LogP contribution < -0.4 is 5.56 Å². The van der Waals surface area contributed by atoms with Crippen molar-refractivity contribution in [3.8, 4) is 5.69 Å². The zero-order chi connectivity index (χ0) is 21.3. The first kappa shape index (κ1) is 19.6. The van der Waals surface area contributed by atoms with E-state index in [0.717, 1.165) is 22.3 Å². The lowest BCUT2D eigenvalue weighted by Crippen LogP contribution is -2.27. The molecule has 0 radical (unpaired) electrons. The molecule has 0 fully saturated rings. The Morgan fingerprint density at radius 3 is 2.40 bits per heavy atom. The molecule has 0 N–H and O–H groups in total. The second-order valence-electron chi connectivity index (χ2n) is 7.35. The van der Waals surface area contributed by atoms with Crippen molar-refractivity contribution >= 4 is 16.9 Å². The summed E-state index contributed by atoms with van der Waals surface area (Å²) in [6.07, 6.45) is 1.71. The fourth-order valence-corrected chi connectivity index (χ4v) is 3.43. The number of benzene rings is 2. The maximum Gasteiger partial charge on any atom is 0.337 e. The highest BCUT2D eigenvalue weighted by Gasteiger charge is 2.19. The van der Waals surface area contributed by atoms with Gasteiger partial charge in [-0.1, -0.05) is 44.2 Å². The summed E-state index contributed by atoms with van der Waals surface area (Å²) in [6.45, 7) is 4.37. The molecule has 0 aliphatic carbocycles. The molecule has 7 nitrogen and oxygen atoms in total. The summed E-state index contributed by atoms with van der Waals surface area (Å²) in [7, 11) is 1.35. The largest absolute Gasteiger partial charge is 0.465 e. The first-order valence-corrected chi connectivity index (χ1v) is 9.71. The summed E-state index contributed by atoms with van der Waals surface area (Å²) in [5, 5.41) is 9.87. The van der Waals surface area contributed by atoms with Crippen molar-refractivity contribution < 1.29 is 9.53 Å². The summed E-state index contributed by atoms with van der Waals surface area (Å²) in [4.78, 5) is 25.0. The molecular weight excluding hydrogens is 380 g/mol. The Bertz CT molecular complexity index is 1260. The van der Waals surface area contributed by atoms with Crippen LogP contribution in [0.5, 0.6) is 0 Å². The van der Waals surface area contributed by atoms with E-state index >= 15 is 0 Å². The smallest absolute Gasteiger partial charge is 0.337 e. The number of fused-ring (bicyclic) bond motifs is 1. The lowest BCUT2D eigenvalue weighted by Gasteiger charge is -2.12. The Kier molecular flexibility index (Phi) is 5.18. The van der Waals surface area contributed by atoms with Crippen LogP contribution in [-0.2, 0) is 11.3 Å². The lowest BCUT2D eigenvalue weighted by atomic mass is 10.1. The van der Waals surface area contributed by atoms with Crippen LogP contribution in [0.1, 0.15) is 41.4 Å². The van der Waals surface area contributed by atoms with Gasteiger partial charge in [-0.3, -0.25) is 4.79 Å². The van der Waals surface area contributed by atoms with E-state index in [1.807, 2.05) is 44.2 Å². The zero-order valence-electron chi connectivity index (χ0n) is 17.1. The number of aromatic nitrogens is 4.